The number of carbonyl (C=O) groups excluding carboxylic acids is 1. The fourth-order valence-electron chi connectivity index (χ4n) is 2.25. The maximum absolute atomic E-state index is 13.1. The molecular formula is C14H19Cl2FN2O2. The van der Waals surface area contributed by atoms with E-state index < -0.39 is 6.04 Å². The van der Waals surface area contributed by atoms with E-state index >= 15 is 0 Å². The van der Waals surface area contributed by atoms with Gasteiger partial charge in [-0.2, -0.15) is 0 Å². The second kappa shape index (κ2) is 7.40. The molecule has 118 valence electrons. The molecule has 1 aliphatic rings. The summed E-state index contributed by atoms with van der Waals surface area (Å²) in [5, 5.41) is 3.21. The Labute approximate surface area is 134 Å². The number of ether oxygens (including phenoxy) is 1. The molecule has 1 aromatic carbocycles. The lowest BCUT2D eigenvalue weighted by Gasteiger charge is -2.19. The summed E-state index contributed by atoms with van der Waals surface area (Å²) < 4.78 is 17.9. The molecule has 7 heteroatoms. The van der Waals surface area contributed by atoms with Crippen molar-refractivity contribution in [1.82, 2.24) is 5.32 Å². The SMILES string of the molecule is COCC(N)C(=O)NCC1(c2ccc(F)cc2Cl)CC1.Cl. The molecule has 0 heterocycles. The van der Waals surface area contributed by atoms with Crippen LogP contribution in [0.2, 0.25) is 5.02 Å². The van der Waals surface area contributed by atoms with Gasteiger partial charge in [0.2, 0.25) is 5.91 Å². The molecule has 0 bridgehead atoms. The fourth-order valence-corrected chi connectivity index (χ4v) is 2.62. The topological polar surface area (TPSA) is 64.3 Å². The Balaban J connectivity index is 0.00000220. The smallest absolute Gasteiger partial charge is 0.239 e. The summed E-state index contributed by atoms with van der Waals surface area (Å²) in [4.78, 5) is 11.8. The molecule has 1 aromatic rings. The van der Waals surface area contributed by atoms with E-state index in [-0.39, 0.29) is 36.2 Å². The van der Waals surface area contributed by atoms with Crippen LogP contribution >= 0.6 is 24.0 Å². The second-order valence-corrected chi connectivity index (χ2v) is 5.59. The summed E-state index contributed by atoms with van der Waals surface area (Å²) in [5.74, 6) is -0.614. The molecule has 0 aromatic heterocycles. The maximum Gasteiger partial charge on any atom is 0.239 e. The van der Waals surface area contributed by atoms with Crippen LogP contribution in [0.5, 0.6) is 0 Å². The number of nitrogens with two attached hydrogens (primary N) is 1. The van der Waals surface area contributed by atoms with Crippen LogP contribution in [-0.4, -0.2) is 32.2 Å². The zero-order chi connectivity index (χ0) is 14.8. The summed E-state index contributed by atoms with van der Waals surface area (Å²) >= 11 is 6.08. The van der Waals surface area contributed by atoms with Crippen molar-refractivity contribution in [3.63, 3.8) is 0 Å². The highest BCUT2D eigenvalue weighted by molar-refractivity contribution is 6.31. The highest BCUT2D eigenvalue weighted by Crippen LogP contribution is 2.50. The van der Waals surface area contributed by atoms with Crippen LogP contribution in [0.1, 0.15) is 18.4 Å². The lowest BCUT2D eigenvalue weighted by molar-refractivity contribution is -0.123. The Morgan fingerprint density at radius 1 is 1.57 bits per heavy atom. The third-order valence-corrected chi connectivity index (χ3v) is 3.95. The van der Waals surface area contributed by atoms with E-state index in [9.17, 15) is 9.18 Å². The van der Waals surface area contributed by atoms with Crippen LogP contribution in [0.3, 0.4) is 0 Å². The lowest BCUT2D eigenvalue weighted by atomic mass is 9.95. The quantitative estimate of drug-likeness (QED) is 0.835. The van der Waals surface area contributed by atoms with Gasteiger partial charge in [-0.25, -0.2) is 4.39 Å². The standard InChI is InChI=1S/C14H18ClFN2O2.ClH/c1-20-7-12(17)13(19)18-8-14(4-5-14)10-3-2-9(16)6-11(10)15;/h2-3,6,12H,4-5,7-8,17H2,1H3,(H,18,19);1H. The van der Waals surface area contributed by atoms with Crippen molar-refractivity contribution in [3.05, 3.63) is 34.6 Å². The number of hydrogen-bond acceptors (Lipinski definition) is 3. The summed E-state index contributed by atoms with van der Waals surface area (Å²) in [6.45, 7) is 0.630. The number of hydrogen-bond donors (Lipinski definition) is 2. The number of carbonyl (C=O) groups is 1. The van der Waals surface area contributed by atoms with Crippen molar-refractivity contribution >= 4 is 29.9 Å². The molecule has 0 saturated heterocycles. The largest absolute Gasteiger partial charge is 0.383 e. The summed E-state index contributed by atoms with van der Waals surface area (Å²) in [6.07, 6.45) is 1.83. The first kappa shape index (κ1) is 18.2. The second-order valence-electron chi connectivity index (χ2n) is 5.18. The van der Waals surface area contributed by atoms with E-state index in [0.29, 0.717) is 11.6 Å². The van der Waals surface area contributed by atoms with Crippen molar-refractivity contribution in [2.45, 2.75) is 24.3 Å². The maximum atomic E-state index is 13.1. The number of methoxy groups -OCH3 is 1. The van der Waals surface area contributed by atoms with Gasteiger partial charge in [-0.1, -0.05) is 17.7 Å². The minimum atomic E-state index is -0.681. The Hall–Kier alpha value is -0.880. The molecular weight excluding hydrogens is 318 g/mol. The number of benzene rings is 1. The first-order chi connectivity index (χ1) is 9.48. The van der Waals surface area contributed by atoms with E-state index in [1.165, 1.54) is 19.2 Å². The molecule has 3 N–H and O–H groups in total. The number of nitrogens with one attached hydrogen (secondary N) is 1. The van der Waals surface area contributed by atoms with E-state index in [4.69, 9.17) is 22.1 Å². The molecule has 1 unspecified atom stereocenters. The van der Waals surface area contributed by atoms with Crippen LogP contribution in [-0.2, 0) is 14.9 Å². The highest BCUT2D eigenvalue weighted by Gasteiger charge is 2.45. The molecule has 1 amide bonds. The van der Waals surface area contributed by atoms with Gasteiger partial charge in [-0.05, 0) is 30.5 Å². The number of halogens is 3. The molecule has 1 aliphatic carbocycles. The third kappa shape index (κ3) is 4.30. The average Bonchev–Trinajstić information content (AvgIpc) is 3.17. The van der Waals surface area contributed by atoms with Gasteiger partial charge in [-0.3, -0.25) is 4.79 Å². The van der Waals surface area contributed by atoms with Gasteiger partial charge >= 0.3 is 0 Å². The minimum Gasteiger partial charge on any atom is -0.383 e. The number of rotatable bonds is 6. The molecule has 0 spiro atoms. The van der Waals surface area contributed by atoms with Gasteiger partial charge in [0.15, 0.2) is 0 Å². The van der Waals surface area contributed by atoms with Gasteiger partial charge in [0.1, 0.15) is 11.9 Å². The Bertz CT molecular complexity index is 510. The Morgan fingerprint density at radius 2 is 2.24 bits per heavy atom. The minimum absolute atomic E-state index is 0. The normalized spacial score (nSPS) is 16.8. The van der Waals surface area contributed by atoms with Crippen LogP contribution in [0.15, 0.2) is 18.2 Å². The van der Waals surface area contributed by atoms with E-state index in [2.05, 4.69) is 5.32 Å². The predicted molar refractivity (Wildman–Crippen MR) is 82.4 cm³/mol. The zero-order valence-corrected chi connectivity index (χ0v) is 13.3. The van der Waals surface area contributed by atoms with Gasteiger partial charge in [-0.15, -0.1) is 12.4 Å². The van der Waals surface area contributed by atoms with Crippen molar-refractivity contribution in [1.29, 1.82) is 0 Å². The van der Waals surface area contributed by atoms with Crippen molar-refractivity contribution in [3.8, 4) is 0 Å². The van der Waals surface area contributed by atoms with Crippen LogP contribution in [0, 0.1) is 5.82 Å². The molecule has 4 nitrogen and oxygen atoms in total. The van der Waals surface area contributed by atoms with Gasteiger partial charge in [0.25, 0.3) is 0 Å². The zero-order valence-electron chi connectivity index (χ0n) is 11.7. The van der Waals surface area contributed by atoms with Crippen molar-refractivity contribution < 1.29 is 13.9 Å². The van der Waals surface area contributed by atoms with Crippen LogP contribution in [0.25, 0.3) is 0 Å². The highest BCUT2D eigenvalue weighted by atomic mass is 35.5. The summed E-state index contributed by atoms with van der Waals surface area (Å²) in [5.41, 5.74) is 6.34. The fraction of sp³-hybridized carbons (Fsp3) is 0.500. The first-order valence-electron chi connectivity index (χ1n) is 6.46. The van der Waals surface area contributed by atoms with E-state index in [0.717, 1.165) is 18.4 Å². The molecule has 21 heavy (non-hydrogen) atoms. The third-order valence-electron chi connectivity index (χ3n) is 3.64. The van der Waals surface area contributed by atoms with Gasteiger partial charge in [0.05, 0.1) is 6.61 Å². The lowest BCUT2D eigenvalue weighted by Crippen LogP contribution is -2.45. The Kier molecular flexibility index (Phi) is 6.41. The van der Waals surface area contributed by atoms with Gasteiger partial charge in [0, 0.05) is 24.1 Å². The monoisotopic (exact) mass is 336 g/mol. The van der Waals surface area contributed by atoms with Crippen molar-refractivity contribution in [2.75, 3.05) is 20.3 Å². The average molecular weight is 337 g/mol. The predicted octanol–water partition coefficient (Wildman–Crippen LogP) is 2.02. The molecule has 1 atom stereocenters. The Morgan fingerprint density at radius 3 is 2.76 bits per heavy atom. The molecule has 1 fully saturated rings. The number of amides is 1. The molecule has 2 rings (SSSR count). The first-order valence-corrected chi connectivity index (χ1v) is 6.84. The van der Waals surface area contributed by atoms with E-state index in [1.807, 2.05) is 0 Å². The van der Waals surface area contributed by atoms with E-state index in [1.54, 1.807) is 6.07 Å². The summed E-state index contributed by atoms with van der Waals surface area (Å²) in [6, 6.07) is 3.70. The molecule has 1 saturated carbocycles. The van der Waals surface area contributed by atoms with Crippen LogP contribution < -0.4 is 11.1 Å². The van der Waals surface area contributed by atoms with Crippen LogP contribution in [0.4, 0.5) is 4.39 Å². The molecule has 0 radical (unpaired) electrons. The van der Waals surface area contributed by atoms with Crippen molar-refractivity contribution in [2.24, 2.45) is 5.73 Å². The summed E-state index contributed by atoms with van der Waals surface area (Å²) in [7, 11) is 1.49. The van der Waals surface area contributed by atoms with Gasteiger partial charge < -0.3 is 15.8 Å². The molecule has 0 aliphatic heterocycles.